The average Bonchev–Trinajstić information content (AvgIpc) is 2.47. The summed E-state index contributed by atoms with van der Waals surface area (Å²) in [5, 5.41) is 6.33. The van der Waals surface area contributed by atoms with Crippen LogP contribution in [-0.4, -0.2) is 29.5 Å². The Morgan fingerprint density at radius 1 is 1.41 bits per heavy atom. The standard InChI is InChI=1S/C17H26N2O2S/c1-13(15-6-8-18-9-7-15)10-17(20)19-16-5-3-4-14(11-16)12-22(2)21/h3-5,11,13,15,18H,6-10,12H2,1-2H3,(H,19,20). The molecule has 1 saturated heterocycles. The first-order valence-corrected chi connectivity index (χ1v) is 9.67. The summed E-state index contributed by atoms with van der Waals surface area (Å²) in [4.78, 5) is 12.2. The maximum atomic E-state index is 12.2. The van der Waals surface area contributed by atoms with Gasteiger partial charge in [0.25, 0.3) is 0 Å². The van der Waals surface area contributed by atoms with E-state index in [4.69, 9.17) is 0 Å². The molecule has 2 unspecified atom stereocenters. The molecule has 0 radical (unpaired) electrons. The van der Waals surface area contributed by atoms with Crippen LogP contribution in [0.2, 0.25) is 0 Å². The van der Waals surface area contributed by atoms with Crippen molar-refractivity contribution in [1.82, 2.24) is 5.32 Å². The van der Waals surface area contributed by atoms with E-state index in [1.54, 1.807) is 6.26 Å². The molecule has 1 aromatic rings. The number of nitrogens with one attached hydrogen (secondary N) is 2. The van der Waals surface area contributed by atoms with Crippen molar-refractivity contribution in [3.8, 4) is 0 Å². The molecule has 22 heavy (non-hydrogen) atoms. The van der Waals surface area contributed by atoms with Gasteiger partial charge in [-0.05, 0) is 55.5 Å². The zero-order valence-electron chi connectivity index (χ0n) is 13.4. The Morgan fingerprint density at radius 3 is 2.82 bits per heavy atom. The molecule has 2 rings (SSSR count). The van der Waals surface area contributed by atoms with Gasteiger partial charge in [0, 0.05) is 34.9 Å². The van der Waals surface area contributed by atoms with Crippen molar-refractivity contribution in [1.29, 1.82) is 0 Å². The fourth-order valence-corrected chi connectivity index (χ4v) is 3.71. The molecule has 0 spiro atoms. The average molecular weight is 322 g/mol. The first kappa shape index (κ1) is 17.2. The predicted molar refractivity (Wildman–Crippen MR) is 92.2 cm³/mol. The molecule has 0 aliphatic carbocycles. The van der Waals surface area contributed by atoms with E-state index < -0.39 is 10.8 Å². The maximum Gasteiger partial charge on any atom is 0.224 e. The first-order valence-electron chi connectivity index (χ1n) is 7.94. The van der Waals surface area contributed by atoms with Crippen molar-refractivity contribution in [2.75, 3.05) is 24.7 Å². The Labute approximate surface area is 135 Å². The van der Waals surface area contributed by atoms with Crippen LogP contribution in [0.5, 0.6) is 0 Å². The van der Waals surface area contributed by atoms with Crippen molar-refractivity contribution in [2.24, 2.45) is 11.8 Å². The lowest BCUT2D eigenvalue weighted by molar-refractivity contribution is -0.117. The van der Waals surface area contributed by atoms with Crippen LogP contribution < -0.4 is 10.6 Å². The van der Waals surface area contributed by atoms with E-state index in [-0.39, 0.29) is 5.91 Å². The molecule has 5 heteroatoms. The van der Waals surface area contributed by atoms with Crippen molar-refractivity contribution in [2.45, 2.75) is 31.9 Å². The zero-order valence-corrected chi connectivity index (χ0v) is 14.2. The number of carbonyl (C=O) groups excluding carboxylic acids is 1. The number of rotatable bonds is 6. The van der Waals surface area contributed by atoms with Crippen molar-refractivity contribution >= 4 is 22.4 Å². The van der Waals surface area contributed by atoms with E-state index in [1.165, 1.54) is 0 Å². The summed E-state index contributed by atoms with van der Waals surface area (Å²) < 4.78 is 11.3. The van der Waals surface area contributed by atoms with Gasteiger partial charge in [0.2, 0.25) is 5.91 Å². The van der Waals surface area contributed by atoms with Gasteiger partial charge in [-0.1, -0.05) is 19.1 Å². The Balaban J connectivity index is 1.87. The van der Waals surface area contributed by atoms with Gasteiger partial charge < -0.3 is 10.6 Å². The largest absolute Gasteiger partial charge is 0.326 e. The molecule has 0 aromatic heterocycles. The van der Waals surface area contributed by atoms with E-state index in [1.807, 2.05) is 24.3 Å². The van der Waals surface area contributed by atoms with E-state index in [0.717, 1.165) is 37.2 Å². The van der Waals surface area contributed by atoms with Gasteiger partial charge in [0.1, 0.15) is 0 Å². The van der Waals surface area contributed by atoms with Gasteiger partial charge in [-0.15, -0.1) is 0 Å². The molecule has 1 heterocycles. The molecule has 0 bridgehead atoms. The smallest absolute Gasteiger partial charge is 0.224 e. The number of anilines is 1. The van der Waals surface area contributed by atoms with Gasteiger partial charge in [-0.25, -0.2) is 0 Å². The number of carbonyl (C=O) groups is 1. The maximum absolute atomic E-state index is 12.2. The van der Waals surface area contributed by atoms with Crippen LogP contribution in [0.3, 0.4) is 0 Å². The summed E-state index contributed by atoms with van der Waals surface area (Å²) in [7, 11) is -0.869. The molecule has 2 atom stereocenters. The van der Waals surface area contributed by atoms with Crippen LogP contribution in [0.15, 0.2) is 24.3 Å². The Hall–Kier alpha value is -1.20. The summed E-state index contributed by atoms with van der Waals surface area (Å²) >= 11 is 0. The van der Waals surface area contributed by atoms with Crippen LogP contribution in [0.4, 0.5) is 5.69 Å². The van der Waals surface area contributed by atoms with Gasteiger partial charge in [0.15, 0.2) is 0 Å². The molecular weight excluding hydrogens is 296 g/mol. The van der Waals surface area contributed by atoms with Crippen LogP contribution in [0, 0.1) is 11.8 Å². The Kier molecular flexibility index (Phi) is 6.58. The minimum atomic E-state index is -0.869. The number of hydrogen-bond donors (Lipinski definition) is 2. The van der Waals surface area contributed by atoms with Gasteiger partial charge in [-0.3, -0.25) is 9.00 Å². The van der Waals surface area contributed by atoms with Gasteiger partial charge in [-0.2, -0.15) is 0 Å². The molecular formula is C17H26N2O2S. The highest BCUT2D eigenvalue weighted by Gasteiger charge is 2.22. The molecule has 1 amide bonds. The number of hydrogen-bond acceptors (Lipinski definition) is 3. The highest BCUT2D eigenvalue weighted by molar-refractivity contribution is 7.83. The summed E-state index contributed by atoms with van der Waals surface area (Å²) in [5.41, 5.74) is 1.79. The van der Waals surface area contributed by atoms with Crippen LogP contribution >= 0.6 is 0 Å². The molecule has 1 aromatic carbocycles. The van der Waals surface area contributed by atoms with E-state index in [2.05, 4.69) is 17.6 Å². The second kappa shape index (κ2) is 8.44. The highest BCUT2D eigenvalue weighted by Crippen LogP contribution is 2.24. The van der Waals surface area contributed by atoms with Crippen molar-refractivity contribution in [3.05, 3.63) is 29.8 Å². The first-order chi connectivity index (χ1) is 10.5. The lowest BCUT2D eigenvalue weighted by atomic mass is 9.84. The normalized spacial score (nSPS) is 18.6. The summed E-state index contributed by atoms with van der Waals surface area (Å²) in [6, 6.07) is 7.63. The third kappa shape index (κ3) is 5.54. The SMILES string of the molecule is CC(CC(=O)Nc1cccc(CS(C)=O)c1)C1CCNCC1. The summed E-state index contributed by atoms with van der Waals surface area (Å²) in [6.45, 7) is 4.30. The number of piperidine rings is 1. The van der Waals surface area contributed by atoms with Crippen LogP contribution in [0.25, 0.3) is 0 Å². The van der Waals surface area contributed by atoms with Crippen molar-refractivity contribution < 1.29 is 9.00 Å². The Morgan fingerprint density at radius 2 is 2.14 bits per heavy atom. The predicted octanol–water partition coefficient (Wildman–Crippen LogP) is 2.53. The quantitative estimate of drug-likeness (QED) is 0.846. The van der Waals surface area contributed by atoms with Gasteiger partial charge in [0.05, 0.1) is 0 Å². The molecule has 1 aliphatic heterocycles. The second-order valence-electron chi connectivity index (χ2n) is 6.23. The lowest BCUT2D eigenvalue weighted by Crippen LogP contribution is -2.32. The zero-order chi connectivity index (χ0) is 15.9. The Bertz CT molecular complexity index is 527. The summed E-state index contributed by atoms with van der Waals surface area (Å²) in [6.07, 6.45) is 4.57. The van der Waals surface area contributed by atoms with Crippen LogP contribution in [0.1, 0.15) is 31.7 Å². The monoisotopic (exact) mass is 322 g/mol. The third-order valence-corrected chi connectivity index (χ3v) is 5.02. The fraction of sp³-hybridized carbons (Fsp3) is 0.588. The molecule has 1 fully saturated rings. The minimum absolute atomic E-state index is 0.0702. The molecule has 1 aliphatic rings. The van der Waals surface area contributed by atoms with Crippen molar-refractivity contribution in [3.63, 3.8) is 0 Å². The van der Waals surface area contributed by atoms with Crippen LogP contribution in [-0.2, 0) is 21.3 Å². The lowest BCUT2D eigenvalue weighted by Gasteiger charge is -2.27. The molecule has 2 N–H and O–H groups in total. The molecule has 122 valence electrons. The summed E-state index contributed by atoms with van der Waals surface area (Å²) in [5.74, 6) is 1.64. The number of benzene rings is 1. The number of amides is 1. The second-order valence-corrected chi connectivity index (χ2v) is 7.67. The molecule has 0 saturated carbocycles. The van der Waals surface area contributed by atoms with E-state index in [0.29, 0.717) is 24.0 Å². The van der Waals surface area contributed by atoms with E-state index in [9.17, 15) is 9.00 Å². The van der Waals surface area contributed by atoms with Gasteiger partial charge >= 0.3 is 0 Å². The molecule has 4 nitrogen and oxygen atoms in total. The fourth-order valence-electron chi connectivity index (χ4n) is 3.06. The minimum Gasteiger partial charge on any atom is -0.326 e. The highest BCUT2D eigenvalue weighted by atomic mass is 32.2. The third-order valence-electron chi connectivity index (χ3n) is 4.28. The topological polar surface area (TPSA) is 58.2 Å². The van der Waals surface area contributed by atoms with E-state index >= 15 is 0 Å².